The summed E-state index contributed by atoms with van der Waals surface area (Å²) in [6, 6.07) is 0.517. The molecule has 0 aromatic rings. The van der Waals surface area contributed by atoms with Gasteiger partial charge in [0.05, 0.1) is 11.5 Å². The molecule has 0 aliphatic carbocycles. The molecule has 1 N–H and O–H groups in total. The zero-order chi connectivity index (χ0) is 12.0. The Morgan fingerprint density at radius 1 is 1.31 bits per heavy atom. The minimum absolute atomic E-state index is 0.394. The van der Waals surface area contributed by atoms with E-state index in [1.54, 1.807) is 0 Å². The topological polar surface area (TPSA) is 46.2 Å². The molecule has 0 aromatic carbocycles. The molecule has 16 heavy (non-hydrogen) atoms. The van der Waals surface area contributed by atoms with Gasteiger partial charge in [-0.25, -0.2) is 8.42 Å². The third-order valence-electron chi connectivity index (χ3n) is 3.26. The van der Waals surface area contributed by atoms with E-state index in [9.17, 15) is 8.42 Å². The lowest BCUT2D eigenvalue weighted by Gasteiger charge is -2.20. The number of hydrogen-bond acceptors (Lipinski definition) is 3. The normalized spacial score (nSPS) is 25.8. The molecule has 1 aliphatic rings. The second kappa shape index (κ2) is 6.60. The van der Waals surface area contributed by atoms with Crippen LogP contribution in [-0.4, -0.2) is 32.5 Å². The summed E-state index contributed by atoms with van der Waals surface area (Å²) in [6.07, 6.45) is 5.38. The standard InChI is InChI=1S/C12H25NO2S/c1-3-5-12(13-7-4-2)9-11-6-8-16(14,15)10-11/h11-13H,3-10H2,1-2H3. The zero-order valence-electron chi connectivity index (χ0n) is 10.5. The average molecular weight is 247 g/mol. The third-order valence-corrected chi connectivity index (χ3v) is 5.10. The van der Waals surface area contributed by atoms with Gasteiger partial charge >= 0.3 is 0 Å². The van der Waals surface area contributed by atoms with Crippen molar-refractivity contribution in [3.05, 3.63) is 0 Å². The van der Waals surface area contributed by atoms with Crippen molar-refractivity contribution in [2.24, 2.45) is 5.92 Å². The lowest BCUT2D eigenvalue weighted by molar-refractivity contribution is 0.384. The van der Waals surface area contributed by atoms with Gasteiger partial charge in [0.2, 0.25) is 0 Å². The van der Waals surface area contributed by atoms with Crippen LogP contribution in [0.15, 0.2) is 0 Å². The number of nitrogens with one attached hydrogen (secondary N) is 1. The molecule has 2 atom stereocenters. The molecule has 1 heterocycles. The van der Waals surface area contributed by atoms with Crippen LogP contribution in [0.2, 0.25) is 0 Å². The van der Waals surface area contributed by atoms with Crippen molar-refractivity contribution in [1.29, 1.82) is 0 Å². The molecule has 0 saturated carbocycles. The summed E-state index contributed by atoms with van der Waals surface area (Å²) >= 11 is 0. The Labute approximate surface area is 99.9 Å². The van der Waals surface area contributed by atoms with Crippen LogP contribution in [-0.2, 0) is 9.84 Å². The fourth-order valence-electron chi connectivity index (χ4n) is 2.46. The summed E-state index contributed by atoms with van der Waals surface area (Å²) in [5.41, 5.74) is 0. The van der Waals surface area contributed by atoms with Crippen molar-refractivity contribution in [1.82, 2.24) is 5.32 Å². The molecule has 0 aromatic heterocycles. The highest BCUT2D eigenvalue weighted by atomic mass is 32.2. The quantitative estimate of drug-likeness (QED) is 0.748. The van der Waals surface area contributed by atoms with Gasteiger partial charge in [0.1, 0.15) is 0 Å². The van der Waals surface area contributed by atoms with E-state index in [1.165, 1.54) is 6.42 Å². The molecule has 1 fully saturated rings. The first kappa shape index (κ1) is 14.0. The fourth-order valence-corrected chi connectivity index (χ4v) is 4.34. The van der Waals surface area contributed by atoms with Gasteiger partial charge in [-0.3, -0.25) is 0 Å². The number of rotatable bonds is 7. The van der Waals surface area contributed by atoms with Gasteiger partial charge in [0.25, 0.3) is 0 Å². The maximum absolute atomic E-state index is 11.4. The Bertz CT molecular complexity index is 287. The Hall–Kier alpha value is -0.0900. The SMILES string of the molecule is CCCNC(CCC)CC1CCS(=O)(=O)C1. The van der Waals surface area contributed by atoms with Crippen molar-refractivity contribution in [2.75, 3.05) is 18.1 Å². The van der Waals surface area contributed by atoms with Gasteiger partial charge in [-0.15, -0.1) is 0 Å². The van der Waals surface area contributed by atoms with Gasteiger partial charge < -0.3 is 5.32 Å². The van der Waals surface area contributed by atoms with Gasteiger partial charge in [-0.2, -0.15) is 0 Å². The molecule has 1 aliphatic heterocycles. The smallest absolute Gasteiger partial charge is 0.150 e. The average Bonchev–Trinajstić information content (AvgIpc) is 2.55. The van der Waals surface area contributed by atoms with Crippen LogP contribution in [0.4, 0.5) is 0 Å². The van der Waals surface area contributed by atoms with E-state index in [0.29, 0.717) is 23.5 Å². The van der Waals surface area contributed by atoms with Crippen molar-refractivity contribution in [2.45, 2.75) is 52.0 Å². The third kappa shape index (κ3) is 4.83. The van der Waals surface area contributed by atoms with Crippen molar-refractivity contribution in [3.8, 4) is 0 Å². The summed E-state index contributed by atoms with van der Waals surface area (Å²) in [5, 5.41) is 3.53. The lowest BCUT2D eigenvalue weighted by atomic mass is 9.96. The first-order valence-electron chi connectivity index (χ1n) is 6.51. The van der Waals surface area contributed by atoms with E-state index in [0.717, 1.165) is 32.2 Å². The van der Waals surface area contributed by atoms with E-state index >= 15 is 0 Å². The molecule has 1 saturated heterocycles. The molecule has 0 amide bonds. The Balaban J connectivity index is 2.36. The Morgan fingerprint density at radius 3 is 2.56 bits per heavy atom. The Kier molecular flexibility index (Phi) is 5.76. The van der Waals surface area contributed by atoms with Crippen molar-refractivity contribution in [3.63, 3.8) is 0 Å². The first-order valence-corrected chi connectivity index (χ1v) is 8.33. The van der Waals surface area contributed by atoms with E-state index in [2.05, 4.69) is 19.2 Å². The fraction of sp³-hybridized carbons (Fsp3) is 1.00. The molecule has 0 radical (unpaired) electrons. The molecule has 4 heteroatoms. The summed E-state index contributed by atoms with van der Waals surface area (Å²) in [4.78, 5) is 0. The van der Waals surface area contributed by atoms with Gasteiger partial charge in [0.15, 0.2) is 9.84 Å². The maximum Gasteiger partial charge on any atom is 0.150 e. The Morgan fingerprint density at radius 2 is 2.06 bits per heavy atom. The second-order valence-electron chi connectivity index (χ2n) is 4.94. The number of hydrogen-bond donors (Lipinski definition) is 1. The van der Waals surface area contributed by atoms with E-state index in [4.69, 9.17) is 0 Å². The zero-order valence-corrected chi connectivity index (χ0v) is 11.4. The first-order chi connectivity index (χ1) is 7.57. The molecule has 96 valence electrons. The predicted molar refractivity (Wildman–Crippen MR) is 68.4 cm³/mol. The van der Waals surface area contributed by atoms with Crippen LogP contribution in [0, 0.1) is 5.92 Å². The van der Waals surface area contributed by atoms with Crippen LogP contribution < -0.4 is 5.32 Å². The van der Waals surface area contributed by atoms with E-state index < -0.39 is 9.84 Å². The van der Waals surface area contributed by atoms with Crippen LogP contribution in [0.25, 0.3) is 0 Å². The molecule has 1 rings (SSSR count). The number of sulfone groups is 1. The second-order valence-corrected chi connectivity index (χ2v) is 7.17. The van der Waals surface area contributed by atoms with Crippen LogP contribution in [0.3, 0.4) is 0 Å². The van der Waals surface area contributed by atoms with Gasteiger partial charge in [-0.1, -0.05) is 20.3 Å². The predicted octanol–water partition coefficient (Wildman–Crippen LogP) is 1.98. The van der Waals surface area contributed by atoms with Crippen molar-refractivity contribution >= 4 is 9.84 Å². The van der Waals surface area contributed by atoms with Gasteiger partial charge in [-0.05, 0) is 38.1 Å². The summed E-state index contributed by atoms with van der Waals surface area (Å²) < 4.78 is 22.7. The van der Waals surface area contributed by atoms with Gasteiger partial charge in [0, 0.05) is 6.04 Å². The molecule has 0 bridgehead atoms. The molecule has 0 spiro atoms. The highest BCUT2D eigenvalue weighted by molar-refractivity contribution is 7.91. The van der Waals surface area contributed by atoms with Crippen LogP contribution in [0.1, 0.15) is 46.0 Å². The van der Waals surface area contributed by atoms with Crippen LogP contribution >= 0.6 is 0 Å². The maximum atomic E-state index is 11.4. The summed E-state index contributed by atoms with van der Waals surface area (Å²) in [5.74, 6) is 1.22. The molecular formula is C12H25NO2S. The lowest BCUT2D eigenvalue weighted by Crippen LogP contribution is -2.32. The highest BCUT2D eigenvalue weighted by Gasteiger charge is 2.29. The molecule has 2 unspecified atom stereocenters. The largest absolute Gasteiger partial charge is 0.314 e. The highest BCUT2D eigenvalue weighted by Crippen LogP contribution is 2.24. The summed E-state index contributed by atoms with van der Waals surface area (Å²) in [6.45, 7) is 5.40. The van der Waals surface area contributed by atoms with Crippen LogP contribution in [0.5, 0.6) is 0 Å². The molecule has 3 nitrogen and oxygen atoms in total. The molecular weight excluding hydrogens is 222 g/mol. The monoisotopic (exact) mass is 247 g/mol. The minimum atomic E-state index is -2.70. The summed E-state index contributed by atoms with van der Waals surface area (Å²) in [7, 11) is -2.70. The van der Waals surface area contributed by atoms with Crippen molar-refractivity contribution < 1.29 is 8.42 Å². The van der Waals surface area contributed by atoms with E-state index in [-0.39, 0.29) is 0 Å². The van der Waals surface area contributed by atoms with E-state index in [1.807, 2.05) is 0 Å². The minimum Gasteiger partial charge on any atom is -0.314 e.